The molecular weight excluding hydrogens is 436 g/mol. The number of likely N-dealkylation sites (tertiary alicyclic amines) is 1. The number of nitrogens with one attached hydrogen (secondary N) is 2. The van der Waals surface area contributed by atoms with Gasteiger partial charge in [0.15, 0.2) is 0 Å². The van der Waals surface area contributed by atoms with Crippen molar-refractivity contribution in [2.45, 2.75) is 25.3 Å². The van der Waals surface area contributed by atoms with E-state index in [2.05, 4.69) is 15.6 Å². The normalized spacial score (nSPS) is 18.0. The molecule has 4 heterocycles. The molecular formula is C25H24N4O3S. The van der Waals surface area contributed by atoms with Crippen LogP contribution in [0.1, 0.15) is 49.9 Å². The van der Waals surface area contributed by atoms with E-state index in [1.807, 2.05) is 46.7 Å². The second kappa shape index (κ2) is 9.15. The number of pyridine rings is 1. The first-order valence-corrected chi connectivity index (χ1v) is 11.9. The molecule has 0 radical (unpaired) electrons. The summed E-state index contributed by atoms with van der Waals surface area (Å²) in [6.45, 7) is 1.65. The molecule has 2 aromatic heterocycles. The van der Waals surface area contributed by atoms with Crippen LogP contribution >= 0.6 is 11.3 Å². The number of piperidine rings is 1. The molecule has 3 aromatic rings. The minimum atomic E-state index is -0.301. The van der Waals surface area contributed by atoms with Crippen molar-refractivity contribution in [1.82, 2.24) is 15.2 Å². The fourth-order valence-corrected chi connectivity index (χ4v) is 5.36. The van der Waals surface area contributed by atoms with Crippen LogP contribution in [0, 0.1) is 5.92 Å². The maximum absolute atomic E-state index is 12.8. The molecule has 0 aliphatic carbocycles. The zero-order valence-electron chi connectivity index (χ0n) is 18.0. The van der Waals surface area contributed by atoms with E-state index in [0.29, 0.717) is 25.2 Å². The summed E-state index contributed by atoms with van der Waals surface area (Å²) in [7, 11) is 0. The van der Waals surface area contributed by atoms with Gasteiger partial charge in [0.2, 0.25) is 5.91 Å². The highest BCUT2D eigenvalue weighted by Gasteiger charge is 2.39. The summed E-state index contributed by atoms with van der Waals surface area (Å²) in [5, 5.41) is 7.79. The predicted octanol–water partition coefficient (Wildman–Crippen LogP) is 3.66. The number of nitrogens with zero attached hydrogens (tertiary/aromatic N) is 2. The standard InChI is InChI=1S/C25H24N4O3S/c30-23(27-15-16-3-1-9-26-14-16)18-5-6-20-19(13-18)22(24(31)28-20)17-7-10-29(11-8-17)25(32)21-4-2-12-33-21/h1-6,9,12-14,17,22H,7-8,10-11,15H2,(H,27,30)(H,28,31). The number of thiophene rings is 1. The Morgan fingerprint density at radius 2 is 2.00 bits per heavy atom. The molecule has 1 atom stereocenters. The molecule has 3 amide bonds. The van der Waals surface area contributed by atoms with E-state index in [1.54, 1.807) is 18.5 Å². The number of hydrogen-bond acceptors (Lipinski definition) is 5. The summed E-state index contributed by atoms with van der Waals surface area (Å²) < 4.78 is 0. The van der Waals surface area contributed by atoms with E-state index in [4.69, 9.17) is 0 Å². The third kappa shape index (κ3) is 4.39. The molecule has 1 aromatic carbocycles. The predicted molar refractivity (Wildman–Crippen MR) is 126 cm³/mol. The SMILES string of the molecule is O=C(NCc1cccnc1)c1ccc2c(c1)C(C1CCN(C(=O)c3cccs3)CC1)C(=O)N2. The van der Waals surface area contributed by atoms with E-state index < -0.39 is 0 Å². The second-order valence-electron chi connectivity index (χ2n) is 8.42. The van der Waals surface area contributed by atoms with Crippen LogP contribution in [0.5, 0.6) is 0 Å². The van der Waals surface area contributed by atoms with E-state index in [-0.39, 0.29) is 29.6 Å². The molecule has 168 valence electrons. The van der Waals surface area contributed by atoms with Gasteiger partial charge >= 0.3 is 0 Å². The molecule has 1 fully saturated rings. The fraction of sp³-hybridized carbons (Fsp3) is 0.280. The molecule has 0 spiro atoms. The molecule has 33 heavy (non-hydrogen) atoms. The lowest BCUT2D eigenvalue weighted by Crippen LogP contribution is -2.40. The number of rotatable bonds is 5. The van der Waals surface area contributed by atoms with E-state index >= 15 is 0 Å². The summed E-state index contributed by atoms with van der Waals surface area (Å²) in [4.78, 5) is 44.9. The topological polar surface area (TPSA) is 91.4 Å². The van der Waals surface area contributed by atoms with Gasteiger partial charge in [-0.05, 0) is 65.6 Å². The first-order valence-electron chi connectivity index (χ1n) is 11.0. The first-order chi connectivity index (χ1) is 16.1. The lowest BCUT2D eigenvalue weighted by atomic mass is 9.80. The number of hydrogen-bond donors (Lipinski definition) is 2. The number of aromatic nitrogens is 1. The number of anilines is 1. The molecule has 0 saturated carbocycles. The fourth-order valence-electron chi connectivity index (χ4n) is 4.67. The zero-order chi connectivity index (χ0) is 22.8. The number of carbonyl (C=O) groups excluding carboxylic acids is 3. The average Bonchev–Trinajstić information content (AvgIpc) is 3.50. The highest BCUT2D eigenvalue weighted by Crippen LogP contribution is 2.42. The summed E-state index contributed by atoms with van der Waals surface area (Å²) in [5.74, 6) is -0.318. The van der Waals surface area contributed by atoms with Crippen molar-refractivity contribution in [1.29, 1.82) is 0 Å². The molecule has 8 heteroatoms. The Bertz CT molecular complexity index is 1170. The third-order valence-electron chi connectivity index (χ3n) is 6.40. The summed E-state index contributed by atoms with van der Waals surface area (Å²) >= 11 is 1.45. The molecule has 0 bridgehead atoms. The molecule has 5 rings (SSSR count). The van der Waals surface area contributed by atoms with Crippen LogP contribution in [0.4, 0.5) is 5.69 Å². The smallest absolute Gasteiger partial charge is 0.263 e. The van der Waals surface area contributed by atoms with Crippen LogP contribution in [0.2, 0.25) is 0 Å². The van der Waals surface area contributed by atoms with Gasteiger partial charge in [-0.25, -0.2) is 0 Å². The van der Waals surface area contributed by atoms with Crippen LogP contribution in [0.15, 0.2) is 60.2 Å². The molecule has 7 nitrogen and oxygen atoms in total. The third-order valence-corrected chi connectivity index (χ3v) is 7.25. The van der Waals surface area contributed by atoms with Crippen LogP contribution in [0.25, 0.3) is 0 Å². The highest BCUT2D eigenvalue weighted by molar-refractivity contribution is 7.12. The number of carbonyl (C=O) groups is 3. The molecule has 2 aliphatic heterocycles. The number of amides is 3. The highest BCUT2D eigenvalue weighted by atomic mass is 32.1. The Hall–Kier alpha value is -3.52. The van der Waals surface area contributed by atoms with Gasteiger partial charge in [0.05, 0.1) is 10.8 Å². The lowest BCUT2D eigenvalue weighted by Gasteiger charge is -2.34. The van der Waals surface area contributed by atoms with Crippen LogP contribution in [-0.2, 0) is 11.3 Å². The van der Waals surface area contributed by atoms with E-state index in [9.17, 15) is 14.4 Å². The molecule has 2 N–H and O–H groups in total. The minimum absolute atomic E-state index is 0.0269. The molecule has 1 saturated heterocycles. The minimum Gasteiger partial charge on any atom is -0.348 e. The summed E-state index contributed by atoms with van der Waals surface area (Å²) in [5.41, 5.74) is 3.10. The Labute approximate surface area is 195 Å². The van der Waals surface area contributed by atoms with E-state index in [0.717, 1.165) is 34.5 Å². The Morgan fingerprint density at radius 1 is 1.15 bits per heavy atom. The van der Waals surface area contributed by atoms with Crippen LogP contribution < -0.4 is 10.6 Å². The number of benzene rings is 1. The maximum Gasteiger partial charge on any atom is 0.263 e. The van der Waals surface area contributed by atoms with Gasteiger partial charge in [-0.15, -0.1) is 11.3 Å². The zero-order valence-corrected chi connectivity index (χ0v) is 18.8. The van der Waals surface area contributed by atoms with Gasteiger partial charge in [0, 0.05) is 43.3 Å². The maximum atomic E-state index is 12.8. The Kier molecular flexibility index (Phi) is 5.92. The van der Waals surface area contributed by atoms with Crippen LogP contribution in [0.3, 0.4) is 0 Å². The monoisotopic (exact) mass is 460 g/mol. The van der Waals surface area contributed by atoms with Crippen molar-refractivity contribution >= 4 is 34.7 Å². The van der Waals surface area contributed by atoms with Crippen molar-refractivity contribution in [3.05, 3.63) is 81.8 Å². The number of fused-ring (bicyclic) bond motifs is 1. The van der Waals surface area contributed by atoms with Crippen molar-refractivity contribution in [2.24, 2.45) is 5.92 Å². The van der Waals surface area contributed by atoms with Gasteiger partial charge in [-0.1, -0.05) is 12.1 Å². The van der Waals surface area contributed by atoms with Gasteiger partial charge in [0.25, 0.3) is 11.8 Å². The van der Waals surface area contributed by atoms with E-state index in [1.165, 1.54) is 11.3 Å². The van der Waals surface area contributed by atoms with Crippen LogP contribution in [-0.4, -0.2) is 40.7 Å². The van der Waals surface area contributed by atoms with Gasteiger partial charge in [0.1, 0.15) is 0 Å². The van der Waals surface area contributed by atoms with Crippen molar-refractivity contribution in [2.75, 3.05) is 18.4 Å². The largest absolute Gasteiger partial charge is 0.348 e. The van der Waals surface area contributed by atoms with Gasteiger partial charge in [-0.2, -0.15) is 0 Å². The first kappa shape index (κ1) is 21.3. The summed E-state index contributed by atoms with van der Waals surface area (Å²) in [6, 6.07) is 12.8. The quantitative estimate of drug-likeness (QED) is 0.608. The van der Waals surface area contributed by atoms with Crippen molar-refractivity contribution < 1.29 is 14.4 Å². The second-order valence-corrected chi connectivity index (χ2v) is 9.37. The lowest BCUT2D eigenvalue weighted by molar-refractivity contribution is -0.118. The molecule has 2 aliphatic rings. The van der Waals surface area contributed by atoms with Crippen molar-refractivity contribution in [3.8, 4) is 0 Å². The van der Waals surface area contributed by atoms with Gasteiger partial charge < -0.3 is 15.5 Å². The van der Waals surface area contributed by atoms with Crippen molar-refractivity contribution in [3.63, 3.8) is 0 Å². The Morgan fingerprint density at radius 3 is 2.73 bits per heavy atom. The summed E-state index contributed by atoms with van der Waals surface area (Å²) in [6.07, 6.45) is 4.92. The average molecular weight is 461 g/mol. The van der Waals surface area contributed by atoms with Gasteiger partial charge in [-0.3, -0.25) is 19.4 Å². The molecule has 1 unspecified atom stereocenters. The Balaban J connectivity index is 1.27.